The molecule has 2 rings (SSSR count). The van der Waals surface area contributed by atoms with Gasteiger partial charge in [-0.3, -0.25) is 9.82 Å². The van der Waals surface area contributed by atoms with Crippen molar-refractivity contribution in [3.63, 3.8) is 0 Å². The van der Waals surface area contributed by atoms with Crippen LogP contribution in [-0.4, -0.2) is 25.2 Å². The molecule has 0 atom stereocenters. The van der Waals surface area contributed by atoms with Crippen LogP contribution in [-0.2, 0) is 10.0 Å². The Morgan fingerprint density at radius 3 is 2.71 bits per heavy atom. The summed E-state index contributed by atoms with van der Waals surface area (Å²) in [5.41, 5.74) is -0.232. The first-order valence-corrected chi connectivity index (χ1v) is 7.91. The number of anilines is 1. The van der Waals surface area contributed by atoms with Crippen LogP contribution in [0.1, 0.15) is 0 Å². The molecule has 1 heterocycles. The summed E-state index contributed by atoms with van der Waals surface area (Å²) in [5.74, 6) is -0.377. The van der Waals surface area contributed by atoms with Gasteiger partial charge in [-0.2, -0.15) is 22.3 Å². The topological polar surface area (TPSA) is 84.1 Å². The zero-order chi connectivity index (χ0) is 15.6. The highest BCUT2D eigenvalue weighted by molar-refractivity contribution is 9.10. The van der Waals surface area contributed by atoms with Gasteiger partial charge in [-0.15, -0.1) is 0 Å². The van der Waals surface area contributed by atoms with Crippen LogP contribution >= 0.6 is 27.5 Å². The molecule has 0 aliphatic heterocycles. The Labute approximate surface area is 131 Å². The van der Waals surface area contributed by atoms with Crippen LogP contribution in [0.2, 0.25) is 5.02 Å². The number of aromatic nitrogens is 2. The van der Waals surface area contributed by atoms with Crippen LogP contribution in [0.3, 0.4) is 0 Å². The third-order valence-electron chi connectivity index (χ3n) is 2.22. The molecule has 2 aromatic rings. The number of halogens is 4. The average Bonchev–Trinajstić information content (AvgIpc) is 2.87. The minimum absolute atomic E-state index is 0.0811. The van der Waals surface area contributed by atoms with E-state index in [0.29, 0.717) is 0 Å². The SMILES string of the molecule is O=S(=O)(Nc1cc(Cl)cc(Br)c1OC(F)F)c1ccn[nH]1. The van der Waals surface area contributed by atoms with Gasteiger partial charge in [-0.05, 0) is 34.1 Å². The number of hydrogen-bond donors (Lipinski definition) is 2. The maximum atomic E-state index is 12.4. The third-order valence-corrected chi connectivity index (χ3v) is 4.33. The molecule has 0 aliphatic rings. The van der Waals surface area contributed by atoms with Gasteiger partial charge in [0.2, 0.25) is 0 Å². The highest BCUT2D eigenvalue weighted by Crippen LogP contribution is 2.38. The second kappa shape index (κ2) is 6.16. The molecule has 0 bridgehead atoms. The molecule has 1 aromatic heterocycles. The van der Waals surface area contributed by atoms with E-state index in [9.17, 15) is 17.2 Å². The van der Waals surface area contributed by atoms with Gasteiger partial charge in [0.25, 0.3) is 10.0 Å². The van der Waals surface area contributed by atoms with Gasteiger partial charge in [-0.1, -0.05) is 11.6 Å². The summed E-state index contributed by atoms with van der Waals surface area (Å²) >= 11 is 8.77. The minimum Gasteiger partial charge on any atom is -0.431 e. The summed E-state index contributed by atoms with van der Waals surface area (Å²) in [6, 6.07) is 3.65. The zero-order valence-corrected chi connectivity index (χ0v) is 13.1. The first-order chi connectivity index (χ1) is 9.79. The predicted molar refractivity (Wildman–Crippen MR) is 75.2 cm³/mol. The van der Waals surface area contributed by atoms with Crippen molar-refractivity contribution in [3.8, 4) is 5.75 Å². The summed E-state index contributed by atoms with van der Waals surface area (Å²) in [7, 11) is -4.03. The van der Waals surface area contributed by atoms with Gasteiger partial charge < -0.3 is 4.74 Å². The Morgan fingerprint density at radius 1 is 1.43 bits per heavy atom. The normalized spacial score (nSPS) is 11.7. The Hall–Kier alpha value is -1.39. The number of sulfonamides is 1. The molecule has 0 amide bonds. The van der Waals surface area contributed by atoms with E-state index < -0.39 is 16.6 Å². The van der Waals surface area contributed by atoms with Crippen molar-refractivity contribution in [1.82, 2.24) is 10.2 Å². The molecule has 2 N–H and O–H groups in total. The Morgan fingerprint density at radius 2 is 2.14 bits per heavy atom. The molecule has 114 valence electrons. The van der Waals surface area contributed by atoms with Crippen LogP contribution in [0.25, 0.3) is 0 Å². The van der Waals surface area contributed by atoms with E-state index in [0.717, 1.165) is 6.07 Å². The maximum Gasteiger partial charge on any atom is 0.387 e. The number of ether oxygens (including phenoxy) is 1. The predicted octanol–water partition coefficient (Wildman–Crippen LogP) is 3.23. The van der Waals surface area contributed by atoms with Gasteiger partial charge in [0.1, 0.15) is 0 Å². The number of rotatable bonds is 5. The fraction of sp³-hybridized carbons (Fsp3) is 0.100. The molecule has 1 aromatic carbocycles. The Bertz CT molecular complexity index is 740. The van der Waals surface area contributed by atoms with Crippen LogP contribution in [0, 0.1) is 0 Å². The van der Waals surface area contributed by atoms with Crippen molar-refractivity contribution in [2.24, 2.45) is 0 Å². The smallest absolute Gasteiger partial charge is 0.387 e. The Kier molecular flexibility index (Phi) is 4.69. The van der Waals surface area contributed by atoms with E-state index in [2.05, 4.69) is 35.6 Å². The summed E-state index contributed by atoms with van der Waals surface area (Å²) in [6.07, 6.45) is 1.24. The lowest BCUT2D eigenvalue weighted by molar-refractivity contribution is -0.0498. The van der Waals surface area contributed by atoms with Crippen molar-refractivity contribution < 1.29 is 21.9 Å². The van der Waals surface area contributed by atoms with E-state index in [1.165, 1.54) is 18.3 Å². The molecule has 0 radical (unpaired) electrons. The number of hydrogen-bond acceptors (Lipinski definition) is 4. The molecular weight excluding hydrogens is 396 g/mol. The van der Waals surface area contributed by atoms with Crippen molar-refractivity contribution in [3.05, 3.63) is 33.9 Å². The number of alkyl halides is 2. The number of nitrogens with one attached hydrogen (secondary N) is 2. The molecule has 0 aliphatic carbocycles. The lowest BCUT2D eigenvalue weighted by Crippen LogP contribution is -2.15. The molecule has 0 unspecified atom stereocenters. The van der Waals surface area contributed by atoms with Gasteiger partial charge in [-0.25, -0.2) is 0 Å². The summed E-state index contributed by atoms with van der Waals surface area (Å²) in [6.45, 7) is -3.13. The monoisotopic (exact) mass is 401 g/mol. The van der Waals surface area contributed by atoms with Crippen LogP contribution in [0.5, 0.6) is 5.75 Å². The average molecular weight is 403 g/mol. The first kappa shape index (κ1) is 16.0. The number of nitrogens with zero attached hydrogens (tertiary/aromatic N) is 1. The van der Waals surface area contributed by atoms with E-state index in [1.807, 2.05) is 0 Å². The molecule has 0 saturated carbocycles. The van der Waals surface area contributed by atoms with Gasteiger partial charge in [0.15, 0.2) is 10.8 Å². The van der Waals surface area contributed by atoms with Gasteiger partial charge >= 0.3 is 6.61 Å². The highest BCUT2D eigenvalue weighted by Gasteiger charge is 2.21. The second-order valence-electron chi connectivity index (χ2n) is 3.67. The van der Waals surface area contributed by atoms with E-state index in [4.69, 9.17) is 11.6 Å². The largest absolute Gasteiger partial charge is 0.431 e. The standard InChI is InChI=1S/C10H7BrClF2N3O3S/c11-6-3-5(12)4-7(9(6)20-10(13)14)17-21(18,19)8-1-2-15-16-8/h1-4,10,17H,(H,15,16). The van der Waals surface area contributed by atoms with Crippen LogP contribution in [0.15, 0.2) is 33.9 Å². The summed E-state index contributed by atoms with van der Waals surface area (Å²) < 4.78 is 55.4. The molecule has 0 fully saturated rings. The van der Waals surface area contributed by atoms with Crippen molar-refractivity contribution in [2.45, 2.75) is 11.6 Å². The van der Waals surface area contributed by atoms with Crippen molar-refractivity contribution in [2.75, 3.05) is 4.72 Å². The molecule has 0 saturated heterocycles. The van der Waals surface area contributed by atoms with Crippen LogP contribution < -0.4 is 9.46 Å². The quantitative estimate of drug-likeness (QED) is 0.804. The Balaban J connectivity index is 2.44. The maximum absolute atomic E-state index is 12.4. The highest BCUT2D eigenvalue weighted by atomic mass is 79.9. The van der Waals surface area contributed by atoms with Gasteiger partial charge in [0.05, 0.1) is 16.4 Å². The molecule has 0 spiro atoms. The zero-order valence-electron chi connectivity index (χ0n) is 9.98. The number of benzene rings is 1. The molecule has 21 heavy (non-hydrogen) atoms. The number of H-pyrrole nitrogens is 1. The van der Waals surface area contributed by atoms with Crippen molar-refractivity contribution in [1.29, 1.82) is 0 Å². The van der Waals surface area contributed by atoms with Crippen molar-refractivity contribution >= 4 is 43.2 Å². The van der Waals surface area contributed by atoms with E-state index in [-0.39, 0.29) is 26.0 Å². The molecule has 11 heteroatoms. The fourth-order valence-electron chi connectivity index (χ4n) is 1.44. The fourth-order valence-corrected chi connectivity index (χ4v) is 3.31. The minimum atomic E-state index is -4.03. The van der Waals surface area contributed by atoms with Crippen LogP contribution in [0.4, 0.5) is 14.5 Å². The van der Waals surface area contributed by atoms with Gasteiger partial charge in [0, 0.05) is 5.02 Å². The lowest BCUT2D eigenvalue weighted by atomic mass is 10.3. The molecule has 6 nitrogen and oxygen atoms in total. The second-order valence-corrected chi connectivity index (χ2v) is 6.61. The van der Waals surface area contributed by atoms with E-state index in [1.54, 1.807) is 0 Å². The summed E-state index contributed by atoms with van der Waals surface area (Å²) in [5, 5.41) is 5.65. The summed E-state index contributed by atoms with van der Waals surface area (Å²) in [4.78, 5) is 0. The lowest BCUT2D eigenvalue weighted by Gasteiger charge is -2.14. The number of aromatic amines is 1. The van der Waals surface area contributed by atoms with E-state index >= 15 is 0 Å². The third kappa shape index (κ3) is 3.83. The first-order valence-electron chi connectivity index (χ1n) is 5.25. The molecular formula is C10H7BrClF2N3O3S.